The molecule has 0 aromatic heterocycles. The minimum absolute atomic E-state index is 0.126. The van der Waals surface area contributed by atoms with Crippen molar-refractivity contribution in [1.82, 2.24) is 0 Å². The summed E-state index contributed by atoms with van der Waals surface area (Å²) in [5, 5.41) is 22.1. The second kappa shape index (κ2) is 6.41. The number of rotatable bonds is 5. The minimum atomic E-state index is -2.47. The highest BCUT2D eigenvalue weighted by Gasteiger charge is 2.21. The molecule has 1 atom stereocenters. The fourth-order valence-corrected chi connectivity index (χ4v) is 2.11. The van der Waals surface area contributed by atoms with Gasteiger partial charge < -0.3 is 0 Å². The van der Waals surface area contributed by atoms with Gasteiger partial charge in [-0.3, -0.25) is 15.3 Å². The zero-order chi connectivity index (χ0) is 18.8. The molecule has 0 aliphatic carbocycles. The topological polar surface area (TPSA) is 66.6 Å². The first-order chi connectivity index (χ1) is 11.6. The molecule has 0 aliphatic heterocycles. The smallest absolute Gasteiger partial charge is 0.269 e. The van der Waals surface area contributed by atoms with E-state index in [2.05, 4.69) is 6.58 Å². The number of non-ortho nitro benzene ring substituents is 1. The number of hydrogen-bond donors (Lipinski definition) is 1. The number of hydroxylamine groups is 1. The maximum atomic E-state index is 10.7. The van der Waals surface area contributed by atoms with Crippen molar-refractivity contribution in [3.63, 3.8) is 0 Å². The third kappa shape index (κ3) is 3.32. The molecule has 0 saturated heterocycles. The Labute approximate surface area is 133 Å². The van der Waals surface area contributed by atoms with Crippen LogP contribution in [-0.2, 0) is 0 Å². The van der Waals surface area contributed by atoms with E-state index in [-0.39, 0.29) is 16.9 Å². The van der Waals surface area contributed by atoms with E-state index in [1.54, 1.807) is 24.3 Å². The molecule has 1 unspecified atom stereocenters. The summed E-state index contributed by atoms with van der Waals surface area (Å²) in [6, 6.07) is 11.2. The second-order valence-corrected chi connectivity index (χ2v) is 4.96. The minimum Gasteiger partial charge on any atom is -0.288 e. The van der Waals surface area contributed by atoms with Gasteiger partial charge in [0.2, 0.25) is 0 Å². The Hall–Kier alpha value is -2.66. The van der Waals surface area contributed by atoms with E-state index in [9.17, 15) is 15.3 Å². The summed E-state index contributed by atoms with van der Waals surface area (Å²) in [6.07, 6.45) is 0. The standard InChI is InChI=1S/C17H18N2O3/c1-12(2)17(14-6-4-13(3)5-7-14)18(20)15-8-10-16(11-9-15)19(21)22/h4-11,17,20H,1H2,2-3H3/i2D3. The van der Waals surface area contributed by atoms with E-state index < -0.39 is 17.8 Å². The number of aryl methyl sites for hydroxylation is 1. The zero-order valence-corrected chi connectivity index (χ0v) is 12.1. The first-order valence-corrected chi connectivity index (χ1v) is 6.59. The average Bonchev–Trinajstić information content (AvgIpc) is 2.55. The van der Waals surface area contributed by atoms with Crippen molar-refractivity contribution in [2.45, 2.75) is 19.8 Å². The summed E-state index contributed by atoms with van der Waals surface area (Å²) in [5.41, 5.74) is 1.48. The highest BCUT2D eigenvalue weighted by molar-refractivity contribution is 5.52. The fourth-order valence-electron chi connectivity index (χ4n) is 2.11. The van der Waals surface area contributed by atoms with E-state index in [1.165, 1.54) is 24.3 Å². The van der Waals surface area contributed by atoms with Gasteiger partial charge in [-0.05, 0) is 31.5 Å². The van der Waals surface area contributed by atoms with E-state index in [0.717, 1.165) is 10.6 Å². The van der Waals surface area contributed by atoms with Gasteiger partial charge in [0.05, 0.1) is 10.6 Å². The normalized spacial score (nSPS) is 14.4. The third-order valence-corrected chi connectivity index (χ3v) is 3.29. The predicted octanol–water partition coefficient (Wildman–Crippen LogP) is 4.42. The lowest BCUT2D eigenvalue weighted by Gasteiger charge is -2.28. The SMILES string of the molecule is [2H]C([2H])([2H])C(=C)C(c1ccc(C)cc1)N(O)c1ccc([N+](=O)[O-])cc1. The fraction of sp³-hybridized carbons (Fsp3) is 0.176. The molecule has 2 rings (SSSR count). The van der Waals surface area contributed by atoms with Crippen LogP contribution in [0.5, 0.6) is 0 Å². The van der Waals surface area contributed by atoms with Crippen LogP contribution in [-0.4, -0.2) is 10.1 Å². The lowest BCUT2D eigenvalue weighted by atomic mass is 9.99. The number of nitrogens with zero attached hydrogens (tertiary/aromatic N) is 2. The molecule has 22 heavy (non-hydrogen) atoms. The molecular weight excluding hydrogens is 280 g/mol. The quantitative estimate of drug-likeness (QED) is 0.504. The molecule has 0 aliphatic rings. The highest BCUT2D eigenvalue weighted by atomic mass is 16.6. The van der Waals surface area contributed by atoms with Crippen LogP contribution in [0.15, 0.2) is 60.7 Å². The van der Waals surface area contributed by atoms with Crippen molar-refractivity contribution < 1.29 is 14.2 Å². The first-order valence-electron chi connectivity index (χ1n) is 8.09. The average molecular weight is 301 g/mol. The van der Waals surface area contributed by atoms with Gasteiger partial charge in [0.1, 0.15) is 6.04 Å². The maximum Gasteiger partial charge on any atom is 0.269 e. The molecule has 114 valence electrons. The van der Waals surface area contributed by atoms with Gasteiger partial charge in [-0.2, -0.15) is 0 Å². The maximum absolute atomic E-state index is 10.7. The molecule has 5 nitrogen and oxygen atoms in total. The summed E-state index contributed by atoms with van der Waals surface area (Å²) in [4.78, 5) is 10.2. The molecule has 2 aromatic rings. The zero-order valence-electron chi connectivity index (χ0n) is 15.1. The third-order valence-electron chi connectivity index (χ3n) is 3.29. The van der Waals surface area contributed by atoms with Gasteiger partial charge in [0, 0.05) is 16.2 Å². The van der Waals surface area contributed by atoms with Crippen LogP contribution in [0.1, 0.15) is 28.1 Å². The van der Waals surface area contributed by atoms with Gasteiger partial charge in [0.25, 0.3) is 5.69 Å². The van der Waals surface area contributed by atoms with Crippen LogP contribution >= 0.6 is 0 Å². The van der Waals surface area contributed by atoms with Crippen LogP contribution in [0.25, 0.3) is 0 Å². The van der Waals surface area contributed by atoms with E-state index in [4.69, 9.17) is 4.11 Å². The number of hydrogen-bond acceptors (Lipinski definition) is 4. The molecule has 0 amide bonds. The Balaban J connectivity index is 2.45. The van der Waals surface area contributed by atoms with Crippen molar-refractivity contribution in [2.24, 2.45) is 0 Å². The van der Waals surface area contributed by atoms with Crippen molar-refractivity contribution >= 4 is 11.4 Å². The Morgan fingerprint density at radius 3 is 2.36 bits per heavy atom. The van der Waals surface area contributed by atoms with Gasteiger partial charge in [-0.15, -0.1) is 0 Å². The monoisotopic (exact) mass is 301 g/mol. The van der Waals surface area contributed by atoms with Crippen LogP contribution in [0, 0.1) is 17.0 Å². The largest absolute Gasteiger partial charge is 0.288 e. The van der Waals surface area contributed by atoms with Crippen LogP contribution in [0.2, 0.25) is 0 Å². The number of anilines is 1. The summed E-state index contributed by atoms with van der Waals surface area (Å²) in [5.74, 6) is 0. The van der Waals surface area contributed by atoms with E-state index >= 15 is 0 Å². The highest BCUT2D eigenvalue weighted by Crippen LogP contribution is 2.31. The Kier molecular flexibility index (Phi) is 3.48. The van der Waals surface area contributed by atoms with E-state index in [1.807, 2.05) is 6.92 Å². The van der Waals surface area contributed by atoms with E-state index in [0.29, 0.717) is 5.56 Å². The predicted molar refractivity (Wildman–Crippen MR) is 86.1 cm³/mol. The van der Waals surface area contributed by atoms with Crippen molar-refractivity contribution in [3.05, 3.63) is 81.9 Å². The molecular formula is C17H18N2O3. The van der Waals surface area contributed by atoms with Crippen LogP contribution < -0.4 is 5.06 Å². The van der Waals surface area contributed by atoms with Crippen molar-refractivity contribution in [2.75, 3.05) is 5.06 Å². The molecule has 0 bridgehead atoms. The second-order valence-electron chi connectivity index (χ2n) is 4.96. The van der Waals surface area contributed by atoms with Gasteiger partial charge >= 0.3 is 0 Å². The lowest BCUT2D eigenvalue weighted by Crippen LogP contribution is -2.25. The van der Waals surface area contributed by atoms with Crippen LogP contribution in [0.4, 0.5) is 11.4 Å². The first kappa shape index (κ1) is 11.9. The van der Waals surface area contributed by atoms with Gasteiger partial charge in [-0.1, -0.05) is 42.0 Å². The number of benzene rings is 2. The Bertz CT molecular complexity index is 771. The molecule has 0 fully saturated rings. The molecule has 0 heterocycles. The van der Waals surface area contributed by atoms with Crippen molar-refractivity contribution in [3.8, 4) is 0 Å². The summed E-state index contributed by atoms with van der Waals surface area (Å²) in [6.45, 7) is 3.06. The lowest BCUT2D eigenvalue weighted by molar-refractivity contribution is -0.384. The molecule has 0 radical (unpaired) electrons. The number of nitro benzene ring substituents is 1. The summed E-state index contributed by atoms with van der Waals surface area (Å²) in [7, 11) is 0. The van der Waals surface area contributed by atoms with Gasteiger partial charge in [-0.25, -0.2) is 5.06 Å². The molecule has 2 aromatic carbocycles. The molecule has 1 N–H and O–H groups in total. The molecule has 5 heteroatoms. The van der Waals surface area contributed by atoms with Crippen molar-refractivity contribution in [1.29, 1.82) is 0 Å². The summed E-state index contributed by atoms with van der Waals surface area (Å²) < 4.78 is 22.8. The molecule has 0 spiro atoms. The summed E-state index contributed by atoms with van der Waals surface area (Å²) >= 11 is 0. The van der Waals surface area contributed by atoms with Crippen LogP contribution in [0.3, 0.4) is 0 Å². The molecule has 0 saturated carbocycles. The Morgan fingerprint density at radius 1 is 1.27 bits per heavy atom. The Morgan fingerprint density at radius 2 is 1.86 bits per heavy atom. The number of nitro groups is 1. The van der Waals surface area contributed by atoms with Gasteiger partial charge in [0.15, 0.2) is 0 Å².